The van der Waals surface area contributed by atoms with Gasteiger partial charge in [0.25, 0.3) is 5.91 Å². The number of para-hydroxylation sites is 1. The highest BCUT2D eigenvalue weighted by Gasteiger charge is 2.15. The highest BCUT2D eigenvalue weighted by Crippen LogP contribution is 2.27. The van der Waals surface area contributed by atoms with Crippen LogP contribution in [0, 0.1) is 0 Å². The number of benzene rings is 4. The van der Waals surface area contributed by atoms with E-state index in [9.17, 15) is 9.59 Å². The highest BCUT2D eigenvalue weighted by atomic mass is 16.5. The molecule has 1 aromatic heterocycles. The Kier molecular flexibility index (Phi) is 9.12. The minimum atomic E-state index is -0.251. The number of fused-ring (bicyclic) bond motifs is 1. The molecule has 230 valence electrons. The first kappa shape index (κ1) is 30.0. The van der Waals surface area contributed by atoms with Gasteiger partial charge in [-0.15, -0.1) is 0 Å². The topological polar surface area (TPSA) is 87.6 Å². The van der Waals surface area contributed by atoms with Crippen molar-refractivity contribution in [2.24, 2.45) is 0 Å². The number of aromatic nitrogens is 1. The summed E-state index contributed by atoms with van der Waals surface area (Å²) in [6.45, 7) is 7.30. The minimum absolute atomic E-state index is 0.0556. The fraction of sp³-hybridized carbons (Fsp3) is 0.243. The summed E-state index contributed by atoms with van der Waals surface area (Å²) in [5.41, 5.74) is 5.49. The molecule has 1 fully saturated rings. The van der Waals surface area contributed by atoms with Crippen LogP contribution in [-0.2, 0) is 6.42 Å². The maximum absolute atomic E-state index is 13.0. The Morgan fingerprint density at radius 2 is 1.40 bits per heavy atom. The Bertz CT molecular complexity index is 1750. The van der Waals surface area contributed by atoms with E-state index < -0.39 is 0 Å². The van der Waals surface area contributed by atoms with E-state index in [0.29, 0.717) is 28.4 Å². The molecule has 3 N–H and O–H groups in total. The van der Waals surface area contributed by atoms with E-state index in [1.165, 1.54) is 42.4 Å². The Hall–Kier alpha value is -5.08. The quantitative estimate of drug-likeness (QED) is 0.152. The molecule has 5 aromatic rings. The average molecular weight is 602 g/mol. The number of amides is 3. The second kappa shape index (κ2) is 13.7. The van der Waals surface area contributed by atoms with Gasteiger partial charge in [-0.2, -0.15) is 0 Å². The van der Waals surface area contributed by atoms with Crippen molar-refractivity contribution >= 4 is 34.2 Å². The van der Waals surface area contributed by atoms with E-state index in [0.717, 1.165) is 18.7 Å². The number of anilines is 2. The van der Waals surface area contributed by atoms with Crippen LogP contribution in [0.5, 0.6) is 11.5 Å². The van der Waals surface area contributed by atoms with Crippen molar-refractivity contribution in [2.45, 2.75) is 39.2 Å². The van der Waals surface area contributed by atoms with E-state index in [1.54, 1.807) is 36.4 Å². The zero-order valence-electron chi connectivity index (χ0n) is 25.8. The summed E-state index contributed by atoms with van der Waals surface area (Å²) in [5, 5.41) is 9.83. The Morgan fingerprint density at radius 3 is 2.04 bits per heavy atom. The van der Waals surface area contributed by atoms with Gasteiger partial charge in [-0.25, -0.2) is 4.79 Å². The molecule has 4 aromatic carbocycles. The van der Waals surface area contributed by atoms with Crippen LogP contribution in [0.25, 0.3) is 16.6 Å². The average Bonchev–Trinajstić information content (AvgIpc) is 3.70. The van der Waals surface area contributed by atoms with Crippen LogP contribution >= 0.6 is 0 Å². The van der Waals surface area contributed by atoms with Gasteiger partial charge in [0.1, 0.15) is 11.5 Å². The number of hydrogen-bond donors (Lipinski definition) is 3. The first-order chi connectivity index (χ1) is 21.9. The number of likely N-dealkylation sites (tertiary alicyclic amines) is 1. The lowest BCUT2D eigenvalue weighted by Crippen LogP contribution is -2.34. The lowest BCUT2D eigenvalue weighted by molar-refractivity contribution is 0.102. The molecule has 2 heterocycles. The van der Waals surface area contributed by atoms with E-state index in [1.807, 2.05) is 50.2 Å². The summed E-state index contributed by atoms with van der Waals surface area (Å²) in [5.74, 6) is 1.09. The van der Waals surface area contributed by atoms with Crippen LogP contribution in [-0.4, -0.2) is 47.1 Å². The van der Waals surface area contributed by atoms with Gasteiger partial charge in [-0.3, -0.25) is 4.79 Å². The number of nitrogens with one attached hydrogen (secondary N) is 3. The van der Waals surface area contributed by atoms with Crippen molar-refractivity contribution in [1.29, 1.82) is 0 Å². The van der Waals surface area contributed by atoms with Gasteiger partial charge in [0.15, 0.2) is 0 Å². The molecule has 0 aliphatic carbocycles. The maximum Gasteiger partial charge on any atom is 0.319 e. The van der Waals surface area contributed by atoms with Crippen LogP contribution in [0.4, 0.5) is 16.2 Å². The van der Waals surface area contributed by atoms with Crippen molar-refractivity contribution in [1.82, 2.24) is 14.8 Å². The number of hydrogen-bond acceptors (Lipinski definition) is 4. The smallest absolute Gasteiger partial charge is 0.319 e. The molecule has 45 heavy (non-hydrogen) atoms. The summed E-state index contributed by atoms with van der Waals surface area (Å²) >= 11 is 0. The third-order valence-corrected chi connectivity index (χ3v) is 7.98. The number of ether oxygens (including phenoxy) is 1. The molecule has 0 bridgehead atoms. The number of carbonyl (C=O) groups is 2. The van der Waals surface area contributed by atoms with Gasteiger partial charge >= 0.3 is 6.03 Å². The van der Waals surface area contributed by atoms with Gasteiger partial charge in [0, 0.05) is 46.8 Å². The lowest BCUT2D eigenvalue weighted by Gasteiger charge is -2.13. The maximum atomic E-state index is 13.0. The molecule has 8 heteroatoms. The van der Waals surface area contributed by atoms with Crippen LogP contribution in [0.2, 0.25) is 0 Å². The molecule has 0 spiro atoms. The molecule has 1 aliphatic rings. The molecule has 0 saturated carbocycles. The third-order valence-electron chi connectivity index (χ3n) is 7.98. The van der Waals surface area contributed by atoms with Crippen molar-refractivity contribution in [3.63, 3.8) is 0 Å². The molecular weight excluding hydrogens is 562 g/mol. The van der Waals surface area contributed by atoms with Crippen LogP contribution < -0.4 is 20.7 Å². The first-order valence-electron chi connectivity index (χ1n) is 15.6. The molecule has 0 unspecified atom stereocenters. The fourth-order valence-electron chi connectivity index (χ4n) is 5.70. The van der Waals surface area contributed by atoms with E-state index in [-0.39, 0.29) is 18.0 Å². The molecule has 1 aliphatic heterocycles. The number of urea groups is 1. The Labute approximate surface area is 264 Å². The van der Waals surface area contributed by atoms with Crippen LogP contribution in [0.15, 0.2) is 103 Å². The zero-order valence-corrected chi connectivity index (χ0v) is 25.8. The van der Waals surface area contributed by atoms with Crippen molar-refractivity contribution in [2.75, 3.05) is 30.3 Å². The van der Waals surface area contributed by atoms with Gasteiger partial charge in [0.05, 0.1) is 5.52 Å². The largest absolute Gasteiger partial charge is 0.457 e. The second-order valence-corrected chi connectivity index (χ2v) is 11.7. The van der Waals surface area contributed by atoms with Gasteiger partial charge in [-0.05, 0) is 131 Å². The number of rotatable bonds is 10. The van der Waals surface area contributed by atoms with Crippen molar-refractivity contribution in [3.8, 4) is 17.2 Å². The van der Waals surface area contributed by atoms with Crippen LogP contribution in [0.3, 0.4) is 0 Å². The zero-order chi connectivity index (χ0) is 31.2. The van der Waals surface area contributed by atoms with E-state index >= 15 is 0 Å². The number of carbonyl (C=O) groups excluding carboxylic acids is 2. The Morgan fingerprint density at radius 1 is 0.778 bits per heavy atom. The minimum Gasteiger partial charge on any atom is -0.457 e. The van der Waals surface area contributed by atoms with Gasteiger partial charge in [-0.1, -0.05) is 18.2 Å². The molecular formula is C37H39N5O3. The van der Waals surface area contributed by atoms with E-state index in [2.05, 4.69) is 55.9 Å². The third kappa shape index (κ3) is 7.53. The predicted octanol–water partition coefficient (Wildman–Crippen LogP) is 7.84. The predicted molar refractivity (Wildman–Crippen MR) is 181 cm³/mol. The van der Waals surface area contributed by atoms with Gasteiger partial charge in [0.2, 0.25) is 0 Å². The SMILES string of the molecule is CC(C)NC(=O)Nc1ccc(Oc2ccc(NC(=O)c3ccc(-n4cc(CCN5CCCC5)c5ccccc54)cc3)cc2)cc1. The second-order valence-electron chi connectivity index (χ2n) is 11.7. The molecule has 0 atom stereocenters. The standard InChI is InChI=1S/C37H39N5O3/c1-26(2)38-37(44)40-30-13-19-33(20-14-30)45-32-17-11-29(12-18-32)39-36(43)27-9-15-31(16-10-27)42-25-28(21-24-41-22-5-6-23-41)34-7-3-4-8-35(34)42/h3-4,7-20,25-26H,5-6,21-24H2,1-2H3,(H,39,43)(H2,38,40,44). The summed E-state index contributed by atoms with van der Waals surface area (Å²) in [6.07, 6.45) is 5.88. The molecule has 3 amide bonds. The monoisotopic (exact) mass is 601 g/mol. The van der Waals surface area contributed by atoms with Gasteiger partial charge < -0.3 is 30.2 Å². The molecule has 1 saturated heterocycles. The van der Waals surface area contributed by atoms with Crippen molar-refractivity contribution in [3.05, 3.63) is 114 Å². The Balaban J connectivity index is 1.06. The summed E-state index contributed by atoms with van der Waals surface area (Å²) in [6, 6.07) is 30.4. The summed E-state index contributed by atoms with van der Waals surface area (Å²) < 4.78 is 8.16. The molecule has 0 radical (unpaired) electrons. The summed E-state index contributed by atoms with van der Waals surface area (Å²) in [7, 11) is 0. The van der Waals surface area contributed by atoms with E-state index in [4.69, 9.17) is 4.74 Å². The fourth-order valence-corrected chi connectivity index (χ4v) is 5.70. The molecule has 6 rings (SSSR count). The molecule has 8 nitrogen and oxygen atoms in total. The first-order valence-corrected chi connectivity index (χ1v) is 15.6. The van der Waals surface area contributed by atoms with Crippen molar-refractivity contribution < 1.29 is 14.3 Å². The normalized spacial score (nSPS) is 13.2. The number of nitrogens with zero attached hydrogens (tertiary/aromatic N) is 2. The lowest BCUT2D eigenvalue weighted by atomic mass is 10.1. The summed E-state index contributed by atoms with van der Waals surface area (Å²) in [4.78, 5) is 27.5. The van der Waals surface area contributed by atoms with Crippen LogP contribution in [0.1, 0.15) is 42.6 Å². The highest BCUT2D eigenvalue weighted by molar-refractivity contribution is 6.04.